The molecule has 34 heavy (non-hydrogen) atoms. The SMILES string of the molecule is CC1=C(C(=O)Nc2ccccn2)C(c2ccc(Cl)cc2Cl)n2nc(-c3ccc(F)cc3)nc2N1. The van der Waals surface area contributed by atoms with E-state index in [1.54, 1.807) is 66.3 Å². The van der Waals surface area contributed by atoms with Gasteiger partial charge < -0.3 is 10.6 Å². The van der Waals surface area contributed by atoms with Gasteiger partial charge in [-0.1, -0.05) is 35.3 Å². The van der Waals surface area contributed by atoms with Crippen LogP contribution in [-0.2, 0) is 4.79 Å². The number of benzene rings is 2. The lowest BCUT2D eigenvalue weighted by Gasteiger charge is -2.29. The molecule has 1 aliphatic rings. The lowest BCUT2D eigenvalue weighted by atomic mass is 9.95. The van der Waals surface area contributed by atoms with Gasteiger partial charge in [-0.2, -0.15) is 4.98 Å². The summed E-state index contributed by atoms with van der Waals surface area (Å²) in [5.74, 6) is 0.469. The highest BCUT2D eigenvalue weighted by atomic mass is 35.5. The summed E-state index contributed by atoms with van der Waals surface area (Å²) in [6.45, 7) is 1.78. The van der Waals surface area contributed by atoms with Crippen LogP contribution in [-0.4, -0.2) is 25.7 Å². The number of nitrogens with one attached hydrogen (secondary N) is 2. The van der Waals surface area contributed by atoms with Gasteiger partial charge in [-0.15, -0.1) is 5.10 Å². The van der Waals surface area contributed by atoms with Gasteiger partial charge in [0.1, 0.15) is 17.7 Å². The number of anilines is 2. The van der Waals surface area contributed by atoms with Crippen LogP contribution in [0.1, 0.15) is 18.5 Å². The van der Waals surface area contributed by atoms with Gasteiger partial charge in [-0.05, 0) is 55.5 Å². The van der Waals surface area contributed by atoms with E-state index in [0.717, 1.165) is 0 Å². The number of fused-ring (bicyclic) bond motifs is 1. The molecule has 2 N–H and O–H groups in total. The molecule has 0 radical (unpaired) electrons. The van der Waals surface area contributed by atoms with Crippen LogP contribution in [0.15, 0.2) is 78.1 Å². The van der Waals surface area contributed by atoms with Crippen molar-refractivity contribution >= 4 is 40.9 Å². The van der Waals surface area contributed by atoms with E-state index in [2.05, 4.69) is 25.7 Å². The van der Waals surface area contributed by atoms with E-state index in [0.29, 0.717) is 50.0 Å². The molecule has 0 saturated carbocycles. The summed E-state index contributed by atoms with van der Waals surface area (Å²) < 4.78 is 15.0. The molecule has 1 unspecified atom stereocenters. The van der Waals surface area contributed by atoms with Crippen molar-refractivity contribution in [1.29, 1.82) is 0 Å². The van der Waals surface area contributed by atoms with Crippen LogP contribution in [0.3, 0.4) is 0 Å². The molecule has 2 aromatic heterocycles. The van der Waals surface area contributed by atoms with Gasteiger partial charge in [0.25, 0.3) is 5.91 Å². The fraction of sp³-hybridized carbons (Fsp3) is 0.0833. The molecule has 0 fully saturated rings. The zero-order valence-electron chi connectivity index (χ0n) is 17.8. The molecule has 7 nitrogen and oxygen atoms in total. The molecule has 1 aliphatic heterocycles. The normalized spacial score (nSPS) is 15.0. The topological polar surface area (TPSA) is 84.7 Å². The third-order valence-electron chi connectivity index (χ3n) is 5.36. The zero-order valence-corrected chi connectivity index (χ0v) is 19.3. The van der Waals surface area contributed by atoms with Crippen molar-refractivity contribution in [3.63, 3.8) is 0 Å². The van der Waals surface area contributed by atoms with Crippen LogP contribution in [0, 0.1) is 5.82 Å². The quantitative estimate of drug-likeness (QED) is 0.379. The van der Waals surface area contributed by atoms with E-state index in [1.807, 2.05) is 0 Å². The average molecular weight is 495 g/mol. The summed E-state index contributed by atoms with van der Waals surface area (Å²) in [4.78, 5) is 22.2. The summed E-state index contributed by atoms with van der Waals surface area (Å²) in [5.41, 5.74) is 2.21. The second-order valence-electron chi connectivity index (χ2n) is 7.61. The van der Waals surface area contributed by atoms with Crippen molar-refractivity contribution in [3.8, 4) is 11.4 Å². The summed E-state index contributed by atoms with van der Waals surface area (Å²) in [6, 6.07) is 15.5. The minimum atomic E-state index is -0.702. The molecule has 0 spiro atoms. The van der Waals surface area contributed by atoms with E-state index in [-0.39, 0.29) is 11.7 Å². The number of halogens is 3. The van der Waals surface area contributed by atoms with Crippen LogP contribution < -0.4 is 10.6 Å². The Kier molecular flexibility index (Phi) is 5.77. The third-order valence-corrected chi connectivity index (χ3v) is 5.93. The first-order valence-electron chi connectivity index (χ1n) is 10.3. The summed E-state index contributed by atoms with van der Waals surface area (Å²) >= 11 is 12.7. The first kappa shape index (κ1) is 22.1. The number of rotatable bonds is 4. The summed E-state index contributed by atoms with van der Waals surface area (Å²) in [7, 11) is 0. The van der Waals surface area contributed by atoms with Crippen molar-refractivity contribution in [2.45, 2.75) is 13.0 Å². The van der Waals surface area contributed by atoms with Crippen molar-refractivity contribution in [3.05, 3.63) is 99.6 Å². The number of nitrogens with zero attached hydrogens (tertiary/aromatic N) is 4. The van der Waals surface area contributed by atoms with E-state index >= 15 is 0 Å². The van der Waals surface area contributed by atoms with Crippen molar-refractivity contribution in [1.82, 2.24) is 19.7 Å². The molecule has 0 bridgehead atoms. The maximum atomic E-state index is 13.4. The van der Waals surface area contributed by atoms with E-state index in [1.165, 1.54) is 12.1 Å². The molecular formula is C24H17Cl2FN6O. The van der Waals surface area contributed by atoms with Gasteiger partial charge in [-0.3, -0.25) is 4.79 Å². The van der Waals surface area contributed by atoms with Gasteiger partial charge in [0, 0.05) is 33.1 Å². The maximum absolute atomic E-state index is 13.4. The van der Waals surface area contributed by atoms with Gasteiger partial charge in [0.05, 0.1) is 5.57 Å². The molecule has 4 aromatic rings. The maximum Gasteiger partial charge on any atom is 0.257 e. The summed E-state index contributed by atoms with van der Waals surface area (Å²) in [5, 5.41) is 11.5. The molecule has 2 aromatic carbocycles. The molecule has 3 heterocycles. The smallest absolute Gasteiger partial charge is 0.257 e. The number of amides is 1. The first-order chi connectivity index (χ1) is 16.4. The lowest BCUT2D eigenvalue weighted by molar-refractivity contribution is -0.113. The fourth-order valence-corrected chi connectivity index (χ4v) is 4.31. The molecular weight excluding hydrogens is 478 g/mol. The molecule has 5 rings (SSSR count). The molecule has 0 aliphatic carbocycles. The molecule has 0 saturated heterocycles. The van der Waals surface area contributed by atoms with E-state index in [4.69, 9.17) is 23.2 Å². The number of carbonyl (C=O) groups excluding carboxylic acids is 1. The van der Waals surface area contributed by atoms with Crippen LogP contribution in [0.2, 0.25) is 10.0 Å². The highest BCUT2D eigenvalue weighted by Gasteiger charge is 2.35. The number of aromatic nitrogens is 4. The number of allylic oxidation sites excluding steroid dienone is 1. The average Bonchev–Trinajstić information content (AvgIpc) is 3.23. The zero-order chi connectivity index (χ0) is 23.8. The van der Waals surface area contributed by atoms with Crippen molar-refractivity contribution < 1.29 is 9.18 Å². The second-order valence-corrected chi connectivity index (χ2v) is 8.46. The minimum absolute atomic E-state index is 0.359. The van der Waals surface area contributed by atoms with Gasteiger partial charge in [-0.25, -0.2) is 14.1 Å². The van der Waals surface area contributed by atoms with Gasteiger partial charge >= 0.3 is 0 Å². The van der Waals surface area contributed by atoms with E-state index in [9.17, 15) is 9.18 Å². The number of carbonyl (C=O) groups is 1. The number of hydrogen-bond acceptors (Lipinski definition) is 5. The van der Waals surface area contributed by atoms with Crippen LogP contribution in [0.4, 0.5) is 16.2 Å². The summed E-state index contributed by atoms with van der Waals surface area (Å²) in [6.07, 6.45) is 1.59. The third kappa shape index (κ3) is 4.13. The van der Waals surface area contributed by atoms with Crippen molar-refractivity contribution in [2.75, 3.05) is 10.6 Å². The molecule has 10 heteroatoms. The van der Waals surface area contributed by atoms with Gasteiger partial charge in [0.2, 0.25) is 5.95 Å². The molecule has 1 atom stereocenters. The Balaban J connectivity index is 1.63. The predicted octanol–water partition coefficient (Wildman–Crippen LogP) is 5.71. The molecule has 1 amide bonds. The van der Waals surface area contributed by atoms with Crippen molar-refractivity contribution in [2.24, 2.45) is 0 Å². The Morgan fingerprint density at radius 3 is 2.62 bits per heavy atom. The lowest BCUT2D eigenvalue weighted by Crippen LogP contribution is -2.31. The largest absolute Gasteiger partial charge is 0.328 e. The standard InChI is InChI=1S/C24H17Cl2FN6O/c1-13-20(23(34)30-19-4-2-3-11-28-19)21(17-10-7-15(25)12-18(17)26)33-24(29-13)31-22(32-33)14-5-8-16(27)9-6-14/h2-12,21H,1H3,(H,28,30,34)(H,29,31,32). The molecule has 170 valence electrons. The Bertz CT molecular complexity index is 1420. The highest BCUT2D eigenvalue weighted by Crippen LogP contribution is 2.40. The monoisotopic (exact) mass is 494 g/mol. The highest BCUT2D eigenvalue weighted by molar-refractivity contribution is 6.35. The van der Waals surface area contributed by atoms with E-state index < -0.39 is 6.04 Å². The second kappa shape index (κ2) is 8.89. The van der Waals surface area contributed by atoms with Crippen LogP contribution in [0.5, 0.6) is 0 Å². The predicted molar refractivity (Wildman–Crippen MR) is 129 cm³/mol. The van der Waals surface area contributed by atoms with Crippen LogP contribution in [0.25, 0.3) is 11.4 Å². The number of pyridine rings is 1. The minimum Gasteiger partial charge on any atom is -0.328 e. The Hall–Kier alpha value is -3.75. The Morgan fingerprint density at radius 1 is 1.12 bits per heavy atom. The van der Waals surface area contributed by atoms with Crippen LogP contribution >= 0.6 is 23.2 Å². The first-order valence-corrected chi connectivity index (χ1v) is 11.0. The number of hydrogen-bond donors (Lipinski definition) is 2. The fourth-order valence-electron chi connectivity index (χ4n) is 3.80. The Labute approximate surface area is 204 Å². The van der Waals surface area contributed by atoms with Gasteiger partial charge in [0.15, 0.2) is 5.82 Å². The Morgan fingerprint density at radius 2 is 1.91 bits per heavy atom.